The number of hydrogen-bond donors (Lipinski definition) is 2. The molecule has 3 atom stereocenters. The quantitative estimate of drug-likeness (QED) is 0.0205. The Morgan fingerprint density at radius 3 is 1.18 bits per heavy atom. The number of allylic oxidation sites excluding steroid dienone is 15. The van der Waals surface area contributed by atoms with Crippen LogP contribution < -0.4 is 5.32 Å². The maximum Gasteiger partial charge on any atom is 0.472 e. The van der Waals surface area contributed by atoms with Crippen LogP contribution in [0.25, 0.3) is 0 Å². The number of amides is 1. The van der Waals surface area contributed by atoms with Crippen LogP contribution in [0.2, 0.25) is 0 Å². The van der Waals surface area contributed by atoms with Crippen LogP contribution in [-0.2, 0) is 27.9 Å². The second-order valence-corrected chi connectivity index (χ2v) is 26.1. The number of esters is 1. The Morgan fingerprint density at radius 2 is 0.762 bits per heavy atom. The van der Waals surface area contributed by atoms with E-state index in [0.717, 1.165) is 96.3 Å². The van der Waals surface area contributed by atoms with Gasteiger partial charge in [0.25, 0.3) is 0 Å². The number of unbranched alkanes of at least 4 members (excludes halogenated alkanes) is 33. The van der Waals surface area contributed by atoms with E-state index in [1.165, 1.54) is 173 Å². The van der Waals surface area contributed by atoms with E-state index >= 15 is 0 Å². The van der Waals surface area contributed by atoms with Crippen molar-refractivity contribution in [2.24, 2.45) is 0 Å². The number of likely N-dealkylation sites (N-methyl/N-ethyl adjacent to an activating group) is 1. The molecule has 0 aliphatic carbocycles. The van der Waals surface area contributed by atoms with E-state index in [0.29, 0.717) is 23.9 Å². The first-order chi connectivity index (χ1) is 40.9. The Balaban J connectivity index is 5.08. The maximum atomic E-state index is 13.6. The zero-order chi connectivity index (χ0) is 61.4. The van der Waals surface area contributed by atoms with Crippen molar-refractivity contribution in [2.75, 3.05) is 40.9 Å². The molecule has 0 bridgehead atoms. The fraction of sp³-hybridized carbons (Fsp3) is 0.757. The molecule has 0 aromatic heterocycles. The molecule has 0 fully saturated rings. The standard InChI is InChI=1S/C74H133N2O7P/c1-7-10-13-16-19-22-25-28-30-32-34-35-36-37-38-39-40-41-43-45-47-49-52-55-58-61-64-67-74(78)83-72(65-62-59-56-53-50-27-24-21-18-15-12-9-3)71(70-82-84(79,80)81-69-68-76(4,5)6)75-73(77)66-63-60-57-54-51-48-46-44-42-33-31-29-26-23-20-17-14-11-8-2/h11,14,19-20,22-23,28-31,42,44,48,51,62,65,71-72H,7-10,12-13,15-18,21,24-27,32-41,43,45-47,49-50,52-61,63-64,66-70H2,1-6H3,(H-,75,77,79,80)/p+1/b14-11-,22-19-,23-20-,30-28-,31-29-,44-42-,51-48-,65-62-. The Kier molecular flexibility index (Phi) is 60.7. The summed E-state index contributed by atoms with van der Waals surface area (Å²) in [6, 6.07) is -0.871. The topological polar surface area (TPSA) is 111 Å². The molecule has 84 heavy (non-hydrogen) atoms. The van der Waals surface area contributed by atoms with Crippen molar-refractivity contribution in [2.45, 2.75) is 322 Å². The first-order valence-electron chi connectivity index (χ1n) is 35.1. The number of hydrogen-bond acceptors (Lipinski definition) is 6. The Hall–Kier alpha value is -3.07. The van der Waals surface area contributed by atoms with Crippen LogP contribution in [0.4, 0.5) is 0 Å². The molecule has 0 aliphatic rings. The number of carbonyl (C=O) groups is 2. The predicted molar refractivity (Wildman–Crippen MR) is 364 cm³/mol. The number of quaternary nitrogens is 1. The van der Waals surface area contributed by atoms with Gasteiger partial charge in [0.05, 0.1) is 33.8 Å². The van der Waals surface area contributed by atoms with Crippen LogP contribution in [-0.4, -0.2) is 74.3 Å². The molecule has 10 heteroatoms. The van der Waals surface area contributed by atoms with E-state index < -0.39 is 20.0 Å². The third-order valence-electron chi connectivity index (χ3n) is 15.3. The molecule has 0 radical (unpaired) electrons. The summed E-state index contributed by atoms with van der Waals surface area (Å²) < 4.78 is 30.8. The molecule has 0 aromatic carbocycles. The molecule has 1 amide bonds. The van der Waals surface area contributed by atoms with Crippen molar-refractivity contribution in [1.82, 2.24) is 5.32 Å². The number of ether oxygens (including phenoxy) is 1. The molecule has 0 saturated carbocycles. The summed E-state index contributed by atoms with van der Waals surface area (Å²) in [5, 5.41) is 3.05. The predicted octanol–water partition coefficient (Wildman–Crippen LogP) is 22.3. The van der Waals surface area contributed by atoms with Crippen LogP contribution in [0.15, 0.2) is 97.2 Å². The summed E-state index contributed by atoms with van der Waals surface area (Å²) in [7, 11) is 1.47. The Bertz CT molecular complexity index is 1760. The average molecular weight is 1190 g/mol. The normalized spacial score (nSPS) is 14.1. The zero-order valence-corrected chi connectivity index (χ0v) is 56.5. The Morgan fingerprint density at radius 1 is 0.429 bits per heavy atom. The van der Waals surface area contributed by atoms with E-state index in [1.54, 1.807) is 0 Å². The van der Waals surface area contributed by atoms with Crippen molar-refractivity contribution in [3.63, 3.8) is 0 Å². The van der Waals surface area contributed by atoms with Crippen molar-refractivity contribution >= 4 is 19.7 Å². The highest BCUT2D eigenvalue weighted by atomic mass is 31.2. The number of phosphoric ester groups is 1. The molecule has 0 spiro atoms. The molecule has 0 aliphatic heterocycles. The van der Waals surface area contributed by atoms with E-state index in [2.05, 4.69) is 111 Å². The SMILES string of the molecule is CC/C=C\C/C=C\C/C=C\C/C=C\C/C=C\CCCCCC(=O)NC(COP(=O)(O)OCC[N+](C)(C)C)C(/C=C\CCCCCCCCCCCC)OC(=O)CCCCCCCCCCCCCCCCCCC/C=C\C/C=C\CCCCC. The highest BCUT2D eigenvalue weighted by molar-refractivity contribution is 7.47. The third-order valence-corrected chi connectivity index (χ3v) is 16.2. The number of carbonyl (C=O) groups excluding carboxylic acids is 2. The molecule has 0 aromatic rings. The van der Waals surface area contributed by atoms with Gasteiger partial charge < -0.3 is 19.4 Å². The highest BCUT2D eigenvalue weighted by Crippen LogP contribution is 2.43. The van der Waals surface area contributed by atoms with Gasteiger partial charge in [0, 0.05) is 12.8 Å². The summed E-state index contributed by atoms with van der Waals surface area (Å²) in [6.07, 6.45) is 85.7. The molecule has 486 valence electrons. The molecular weight excluding hydrogens is 1060 g/mol. The number of nitrogens with zero attached hydrogens (tertiary/aromatic N) is 1. The van der Waals surface area contributed by atoms with Gasteiger partial charge in [0.15, 0.2) is 0 Å². The van der Waals surface area contributed by atoms with Gasteiger partial charge >= 0.3 is 13.8 Å². The number of rotatable bonds is 63. The highest BCUT2D eigenvalue weighted by Gasteiger charge is 2.30. The smallest absolute Gasteiger partial charge is 0.456 e. The van der Waals surface area contributed by atoms with Gasteiger partial charge in [0.2, 0.25) is 5.91 Å². The lowest BCUT2D eigenvalue weighted by Gasteiger charge is -2.27. The largest absolute Gasteiger partial charge is 0.472 e. The summed E-state index contributed by atoms with van der Waals surface area (Å²) >= 11 is 0. The maximum absolute atomic E-state index is 13.6. The minimum Gasteiger partial charge on any atom is -0.456 e. The monoisotopic (exact) mass is 1190 g/mol. The van der Waals surface area contributed by atoms with Crippen molar-refractivity contribution < 1.29 is 37.3 Å². The van der Waals surface area contributed by atoms with Crippen LogP contribution in [0, 0.1) is 0 Å². The molecular formula is C74H134N2O7P+. The zero-order valence-electron chi connectivity index (χ0n) is 55.6. The van der Waals surface area contributed by atoms with Gasteiger partial charge in [-0.2, -0.15) is 0 Å². The second kappa shape index (κ2) is 63.0. The van der Waals surface area contributed by atoms with Crippen molar-refractivity contribution in [3.05, 3.63) is 97.2 Å². The van der Waals surface area contributed by atoms with Crippen LogP contribution in [0.5, 0.6) is 0 Å². The lowest BCUT2D eigenvalue weighted by atomic mass is 10.0. The first-order valence-corrected chi connectivity index (χ1v) is 36.6. The molecule has 0 heterocycles. The fourth-order valence-electron chi connectivity index (χ4n) is 9.88. The van der Waals surface area contributed by atoms with Gasteiger partial charge in [-0.1, -0.05) is 285 Å². The first kappa shape index (κ1) is 80.9. The van der Waals surface area contributed by atoms with Gasteiger partial charge in [-0.15, -0.1) is 0 Å². The summed E-state index contributed by atoms with van der Waals surface area (Å²) in [6.45, 7) is 6.87. The van der Waals surface area contributed by atoms with E-state index in [4.69, 9.17) is 13.8 Å². The third kappa shape index (κ3) is 63.4. The average Bonchev–Trinajstić information content (AvgIpc) is 3.64. The van der Waals surface area contributed by atoms with Crippen LogP contribution in [0.3, 0.4) is 0 Å². The van der Waals surface area contributed by atoms with Gasteiger partial charge in [-0.3, -0.25) is 18.6 Å². The molecule has 0 saturated heterocycles. The van der Waals surface area contributed by atoms with Crippen molar-refractivity contribution in [1.29, 1.82) is 0 Å². The number of phosphoric acid groups is 1. The lowest BCUT2D eigenvalue weighted by molar-refractivity contribution is -0.870. The van der Waals surface area contributed by atoms with Gasteiger partial charge in [-0.25, -0.2) is 4.57 Å². The van der Waals surface area contributed by atoms with E-state index in [9.17, 15) is 19.0 Å². The Labute approximate surface area is 519 Å². The summed E-state index contributed by atoms with van der Waals surface area (Å²) in [4.78, 5) is 37.9. The summed E-state index contributed by atoms with van der Waals surface area (Å²) in [5.74, 6) is -0.538. The van der Waals surface area contributed by atoms with E-state index in [1.807, 2.05) is 33.3 Å². The molecule has 0 rings (SSSR count). The number of nitrogens with one attached hydrogen (secondary N) is 1. The van der Waals surface area contributed by atoms with Gasteiger partial charge in [-0.05, 0) is 109 Å². The van der Waals surface area contributed by atoms with Gasteiger partial charge in [0.1, 0.15) is 19.3 Å². The fourth-order valence-corrected chi connectivity index (χ4v) is 10.6. The minimum atomic E-state index is -4.47. The van der Waals surface area contributed by atoms with Crippen molar-refractivity contribution in [3.8, 4) is 0 Å². The second-order valence-electron chi connectivity index (χ2n) is 24.7. The van der Waals surface area contributed by atoms with Crippen LogP contribution in [0.1, 0.15) is 310 Å². The lowest BCUT2D eigenvalue weighted by Crippen LogP contribution is -2.47. The van der Waals surface area contributed by atoms with E-state index in [-0.39, 0.29) is 31.5 Å². The molecule has 9 nitrogen and oxygen atoms in total. The summed E-state index contributed by atoms with van der Waals surface area (Å²) in [5.41, 5.74) is 0. The van der Waals surface area contributed by atoms with Crippen LogP contribution >= 0.6 is 7.82 Å². The minimum absolute atomic E-state index is 0.0304. The molecule has 3 unspecified atom stereocenters. The molecule has 2 N–H and O–H groups in total.